The maximum atomic E-state index is 11.9. The number of rotatable bonds is 2. The number of carbonyl (C=O) groups excluding carboxylic acids is 1. The first-order valence-corrected chi connectivity index (χ1v) is 7.02. The fourth-order valence-electron chi connectivity index (χ4n) is 1.27. The van der Waals surface area contributed by atoms with Crippen LogP contribution in [-0.2, 0) is 0 Å². The summed E-state index contributed by atoms with van der Waals surface area (Å²) in [6.45, 7) is 0. The summed E-state index contributed by atoms with van der Waals surface area (Å²) in [4.78, 5) is 11.9. The molecule has 0 unspecified atom stereocenters. The average molecular weight is 414 g/mol. The van der Waals surface area contributed by atoms with Crippen molar-refractivity contribution in [3.8, 4) is 0 Å². The highest BCUT2D eigenvalue weighted by Crippen LogP contribution is 2.36. The van der Waals surface area contributed by atoms with Crippen LogP contribution in [0.1, 0.15) is 10.4 Å². The number of halogens is 4. The van der Waals surface area contributed by atoms with Crippen molar-refractivity contribution in [1.82, 2.24) is 0 Å². The van der Waals surface area contributed by atoms with Crippen LogP contribution in [0.4, 0.5) is 5.69 Å². The first-order valence-electron chi connectivity index (χ1n) is 4.68. The third-order valence-corrected chi connectivity index (χ3v) is 4.53. The molecule has 1 heterocycles. The van der Waals surface area contributed by atoms with Crippen molar-refractivity contribution in [1.29, 1.82) is 0 Å². The molecule has 94 valence electrons. The zero-order chi connectivity index (χ0) is 13.3. The van der Waals surface area contributed by atoms with Gasteiger partial charge in [-0.1, -0.05) is 23.2 Å². The zero-order valence-corrected chi connectivity index (χ0v) is 13.3. The summed E-state index contributed by atoms with van der Waals surface area (Å²) in [5.74, 6) is -0.337. The second-order valence-electron chi connectivity index (χ2n) is 3.29. The third-order valence-electron chi connectivity index (χ3n) is 2.15. The second kappa shape index (κ2) is 5.65. The fourth-order valence-corrected chi connectivity index (χ4v) is 2.51. The monoisotopic (exact) mass is 411 g/mol. The molecule has 7 heteroatoms. The Labute approximate surface area is 130 Å². The molecule has 0 aliphatic carbocycles. The number of furan rings is 1. The largest absolute Gasteiger partial charge is 0.457 e. The zero-order valence-electron chi connectivity index (χ0n) is 8.64. The molecular formula is C11H5Br2Cl2NO2. The van der Waals surface area contributed by atoms with Crippen LogP contribution < -0.4 is 5.32 Å². The molecule has 0 radical (unpaired) electrons. The molecule has 0 aliphatic heterocycles. The normalized spacial score (nSPS) is 10.4. The number of amides is 1. The second-order valence-corrected chi connectivity index (χ2v) is 5.62. The average Bonchev–Trinajstić information content (AvgIpc) is 2.76. The van der Waals surface area contributed by atoms with Gasteiger partial charge in [-0.3, -0.25) is 4.79 Å². The molecule has 1 aromatic heterocycles. The number of nitrogens with one attached hydrogen (secondary N) is 1. The minimum absolute atomic E-state index is 0.277. The van der Waals surface area contributed by atoms with E-state index in [1.807, 2.05) is 0 Å². The highest BCUT2D eigenvalue weighted by atomic mass is 79.9. The molecular weight excluding hydrogens is 409 g/mol. The molecule has 1 aromatic carbocycles. The number of carbonyl (C=O) groups is 1. The summed E-state index contributed by atoms with van der Waals surface area (Å²) in [5, 5.41) is 3.28. The summed E-state index contributed by atoms with van der Waals surface area (Å²) >= 11 is 18.4. The van der Waals surface area contributed by atoms with Gasteiger partial charge in [-0.05, 0) is 50.1 Å². The topological polar surface area (TPSA) is 42.2 Å². The third kappa shape index (κ3) is 2.74. The van der Waals surface area contributed by atoms with Gasteiger partial charge in [0.05, 0.1) is 27.6 Å². The van der Waals surface area contributed by atoms with Gasteiger partial charge in [0.25, 0.3) is 5.91 Å². The van der Waals surface area contributed by atoms with Crippen molar-refractivity contribution in [2.45, 2.75) is 0 Å². The Bertz CT molecular complexity index is 613. The number of hydrogen-bond donors (Lipinski definition) is 1. The number of anilines is 1. The van der Waals surface area contributed by atoms with Gasteiger partial charge in [0, 0.05) is 4.47 Å². The molecule has 0 atom stereocenters. The maximum Gasteiger partial charge on any atom is 0.260 e. The quantitative estimate of drug-likeness (QED) is 0.673. The molecule has 0 saturated heterocycles. The smallest absolute Gasteiger partial charge is 0.260 e. The summed E-state index contributed by atoms with van der Waals surface area (Å²) in [7, 11) is 0. The van der Waals surface area contributed by atoms with Crippen LogP contribution in [0.15, 0.2) is 38.0 Å². The molecule has 0 spiro atoms. The molecule has 0 fully saturated rings. The molecule has 18 heavy (non-hydrogen) atoms. The number of benzene rings is 1. The lowest BCUT2D eigenvalue weighted by Gasteiger charge is -2.08. The Morgan fingerprint density at radius 2 is 1.89 bits per heavy atom. The minimum Gasteiger partial charge on any atom is -0.457 e. The highest BCUT2D eigenvalue weighted by Gasteiger charge is 2.15. The maximum absolute atomic E-state index is 11.9. The lowest BCUT2D eigenvalue weighted by Crippen LogP contribution is -2.11. The highest BCUT2D eigenvalue weighted by molar-refractivity contribution is 9.10. The van der Waals surface area contributed by atoms with Crippen molar-refractivity contribution in [3.63, 3.8) is 0 Å². The summed E-state index contributed by atoms with van der Waals surface area (Å²) in [5.41, 5.74) is 0.813. The summed E-state index contributed by atoms with van der Waals surface area (Å²) in [6, 6.07) is 4.91. The first-order chi connectivity index (χ1) is 8.50. The molecule has 1 N–H and O–H groups in total. The van der Waals surface area contributed by atoms with Crippen LogP contribution in [0, 0.1) is 0 Å². The van der Waals surface area contributed by atoms with Crippen LogP contribution in [0.5, 0.6) is 0 Å². The van der Waals surface area contributed by atoms with E-state index in [0.29, 0.717) is 25.4 Å². The standard InChI is InChI=1S/C11H5Br2Cl2NO2/c12-6-1-2-7(9(15)8(6)14)16-11(17)5-3-4-18-10(5)13/h1-4H,(H,16,17). The molecule has 0 aliphatic rings. The van der Waals surface area contributed by atoms with Gasteiger partial charge < -0.3 is 9.73 Å². The van der Waals surface area contributed by atoms with Gasteiger partial charge in [0.15, 0.2) is 4.67 Å². The van der Waals surface area contributed by atoms with E-state index in [4.69, 9.17) is 27.6 Å². The van der Waals surface area contributed by atoms with Crippen molar-refractivity contribution < 1.29 is 9.21 Å². The summed E-state index contributed by atoms with van der Waals surface area (Å²) < 4.78 is 6.01. The van der Waals surface area contributed by atoms with Gasteiger partial charge in [0.1, 0.15) is 0 Å². The van der Waals surface area contributed by atoms with Crippen LogP contribution >= 0.6 is 55.1 Å². The fraction of sp³-hybridized carbons (Fsp3) is 0. The summed E-state index contributed by atoms with van der Waals surface area (Å²) in [6.07, 6.45) is 1.41. The minimum atomic E-state index is -0.337. The Balaban J connectivity index is 2.28. The Kier molecular flexibility index (Phi) is 4.37. The van der Waals surface area contributed by atoms with Crippen molar-refractivity contribution >= 4 is 66.7 Å². The van der Waals surface area contributed by atoms with E-state index in [1.165, 1.54) is 6.26 Å². The predicted molar refractivity (Wildman–Crippen MR) is 78.5 cm³/mol. The van der Waals surface area contributed by atoms with Crippen LogP contribution in [0.25, 0.3) is 0 Å². The Morgan fingerprint density at radius 3 is 2.50 bits per heavy atom. The molecule has 2 rings (SSSR count). The van der Waals surface area contributed by atoms with Crippen LogP contribution in [0.2, 0.25) is 10.0 Å². The van der Waals surface area contributed by atoms with Crippen molar-refractivity contribution in [3.05, 3.63) is 49.2 Å². The van der Waals surface area contributed by atoms with Gasteiger partial charge in [0.2, 0.25) is 0 Å². The van der Waals surface area contributed by atoms with Crippen molar-refractivity contribution in [2.24, 2.45) is 0 Å². The van der Waals surface area contributed by atoms with Gasteiger partial charge >= 0.3 is 0 Å². The van der Waals surface area contributed by atoms with E-state index >= 15 is 0 Å². The number of hydrogen-bond acceptors (Lipinski definition) is 2. The van der Waals surface area contributed by atoms with E-state index in [0.717, 1.165) is 0 Å². The molecule has 0 bridgehead atoms. The Morgan fingerprint density at radius 1 is 1.17 bits per heavy atom. The van der Waals surface area contributed by atoms with E-state index in [1.54, 1.807) is 18.2 Å². The lowest BCUT2D eigenvalue weighted by molar-refractivity contribution is 0.102. The first kappa shape index (κ1) is 13.9. The predicted octanol–water partition coefficient (Wildman–Crippen LogP) is 5.36. The van der Waals surface area contributed by atoms with Crippen LogP contribution in [0.3, 0.4) is 0 Å². The van der Waals surface area contributed by atoms with E-state index in [2.05, 4.69) is 37.2 Å². The molecule has 2 aromatic rings. The van der Waals surface area contributed by atoms with Gasteiger partial charge in [-0.2, -0.15) is 0 Å². The lowest BCUT2D eigenvalue weighted by atomic mass is 10.2. The Hall–Kier alpha value is -0.490. The molecule has 1 amide bonds. The van der Waals surface area contributed by atoms with Crippen LogP contribution in [-0.4, -0.2) is 5.91 Å². The van der Waals surface area contributed by atoms with Gasteiger partial charge in [-0.15, -0.1) is 0 Å². The molecule has 3 nitrogen and oxygen atoms in total. The van der Waals surface area contributed by atoms with Gasteiger partial charge in [-0.25, -0.2) is 0 Å². The SMILES string of the molecule is O=C(Nc1ccc(Br)c(Cl)c1Cl)c1ccoc1Br. The van der Waals surface area contributed by atoms with Crippen molar-refractivity contribution in [2.75, 3.05) is 5.32 Å². The van der Waals surface area contributed by atoms with E-state index in [9.17, 15) is 4.79 Å². The van der Waals surface area contributed by atoms with E-state index in [-0.39, 0.29) is 10.9 Å². The van der Waals surface area contributed by atoms with E-state index < -0.39 is 0 Å². The molecule has 0 saturated carbocycles.